The van der Waals surface area contributed by atoms with Gasteiger partial charge in [-0.1, -0.05) is 0 Å². The highest BCUT2D eigenvalue weighted by molar-refractivity contribution is 5.69. The van der Waals surface area contributed by atoms with Crippen LogP contribution in [0.5, 0.6) is 0 Å². The number of carbonyl (C=O) groups is 1. The van der Waals surface area contributed by atoms with Crippen LogP contribution in [0.2, 0.25) is 0 Å². The maximum absolute atomic E-state index is 12.3. The first-order chi connectivity index (χ1) is 10.8. The quantitative estimate of drug-likeness (QED) is 0.842. The summed E-state index contributed by atoms with van der Waals surface area (Å²) in [6.07, 6.45) is 1.96. The predicted molar refractivity (Wildman–Crippen MR) is 92.7 cm³/mol. The molecule has 2 atom stereocenters. The molecule has 0 aromatic carbocycles. The summed E-state index contributed by atoms with van der Waals surface area (Å²) in [5.41, 5.74) is -0.424. The largest absolute Gasteiger partial charge is 0.444 e. The van der Waals surface area contributed by atoms with Crippen molar-refractivity contribution in [3.63, 3.8) is 0 Å². The maximum atomic E-state index is 12.3. The monoisotopic (exact) mass is 326 g/mol. The van der Waals surface area contributed by atoms with Gasteiger partial charge in [0.05, 0.1) is 0 Å². The zero-order valence-electron chi connectivity index (χ0n) is 15.5. The van der Waals surface area contributed by atoms with E-state index in [4.69, 9.17) is 4.74 Å². The molecule has 6 nitrogen and oxygen atoms in total. The Balaban J connectivity index is 1.77. The van der Waals surface area contributed by atoms with Crippen molar-refractivity contribution in [3.8, 4) is 0 Å². The van der Waals surface area contributed by atoms with Crippen molar-refractivity contribution in [2.24, 2.45) is 0 Å². The summed E-state index contributed by atoms with van der Waals surface area (Å²) in [7, 11) is 4.38. The van der Waals surface area contributed by atoms with Gasteiger partial charge in [0.15, 0.2) is 0 Å². The lowest BCUT2D eigenvalue weighted by atomic mass is 10.1. The molecule has 2 aliphatic rings. The number of likely N-dealkylation sites (N-methyl/N-ethyl adjacent to an activating group) is 2. The first-order valence-corrected chi connectivity index (χ1v) is 8.85. The molecule has 2 aliphatic heterocycles. The third kappa shape index (κ3) is 5.62. The fourth-order valence-electron chi connectivity index (χ4n) is 3.35. The summed E-state index contributed by atoms with van der Waals surface area (Å²) >= 11 is 0. The number of carbonyl (C=O) groups excluding carboxylic acids is 1. The zero-order valence-corrected chi connectivity index (χ0v) is 15.5. The van der Waals surface area contributed by atoms with Crippen LogP contribution in [-0.2, 0) is 4.74 Å². The van der Waals surface area contributed by atoms with Gasteiger partial charge in [0, 0.05) is 51.4 Å². The molecule has 23 heavy (non-hydrogen) atoms. The van der Waals surface area contributed by atoms with Crippen LogP contribution in [-0.4, -0.2) is 91.8 Å². The van der Waals surface area contributed by atoms with E-state index < -0.39 is 5.60 Å². The Labute approximate surface area is 141 Å². The number of amides is 1. The molecule has 0 saturated carbocycles. The van der Waals surface area contributed by atoms with Gasteiger partial charge >= 0.3 is 6.09 Å². The Kier molecular flexibility index (Phi) is 6.28. The molecular formula is C17H34N4O2. The summed E-state index contributed by atoms with van der Waals surface area (Å²) < 4.78 is 5.52. The number of nitrogens with one attached hydrogen (secondary N) is 1. The first-order valence-electron chi connectivity index (χ1n) is 8.85. The molecule has 2 saturated heterocycles. The average molecular weight is 326 g/mol. The summed E-state index contributed by atoms with van der Waals surface area (Å²) in [5, 5.41) is 3.58. The normalized spacial score (nSPS) is 27.4. The fraction of sp³-hybridized carbons (Fsp3) is 0.941. The lowest BCUT2D eigenvalue weighted by Gasteiger charge is -2.38. The molecule has 0 spiro atoms. The number of hydrogen-bond acceptors (Lipinski definition) is 5. The van der Waals surface area contributed by atoms with Gasteiger partial charge < -0.3 is 19.9 Å². The SMILES string of the molecule is CN1CCN(C)C(CNCC2CCCN2C(=O)OC(C)(C)C)C1. The Morgan fingerprint density at radius 1 is 1.13 bits per heavy atom. The molecule has 2 heterocycles. The average Bonchev–Trinajstić information content (AvgIpc) is 2.89. The van der Waals surface area contributed by atoms with Crippen LogP contribution in [0.4, 0.5) is 4.79 Å². The molecule has 2 fully saturated rings. The predicted octanol–water partition coefficient (Wildman–Crippen LogP) is 1.22. The van der Waals surface area contributed by atoms with Crippen molar-refractivity contribution in [2.45, 2.75) is 51.3 Å². The van der Waals surface area contributed by atoms with Gasteiger partial charge in [0.1, 0.15) is 5.60 Å². The number of likely N-dealkylation sites (tertiary alicyclic amines) is 1. The zero-order chi connectivity index (χ0) is 17.0. The topological polar surface area (TPSA) is 48.0 Å². The van der Waals surface area contributed by atoms with Crippen molar-refractivity contribution in [1.82, 2.24) is 20.0 Å². The molecule has 0 aromatic heterocycles. The lowest BCUT2D eigenvalue weighted by Crippen LogP contribution is -2.54. The molecule has 2 rings (SSSR count). The molecular weight excluding hydrogens is 292 g/mol. The van der Waals surface area contributed by atoms with E-state index in [1.807, 2.05) is 25.7 Å². The number of ether oxygens (including phenoxy) is 1. The molecule has 1 N–H and O–H groups in total. The standard InChI is InChI=1S/C17H34N4O2/c1-17(2,3)23-16(22)21-8-6-7-14(21)11-18-12-15-13-19(4)9-10-20(15)5/h14-15,18H,6-13H2,1-5H3. The van der Waals surface area contributed by atoms with Gasteiger partial charge in [-0.05, 0) is 47.7 Å². The van der Waals surface area contributed by atoms with E-state index in [-0.39, 0.29) is 12.1 Å². The van der Waals surface area contributed by atoms with Crippen LogP contribution in [0.15, 0.2) is 0 Å². The summed E-state index contributed by atoms with van der Waals surface area (Å²) in [6, 6.07) is 0.807. The molecule has 6 heteroatoms. The highest BCUT2D eigenvalue weighted by atomic mass is 16.6. The van der Waals surface area contributed by atoms with Gasteiger partial charge in [-0.2, -0.15) is 0 Å². The number of hydrogen-bond donors (Lipinski definition) is 1. The minimum absolute atomic E-state index is 0.170. The molecule has 1 amide bonds. The second kappa shape index (κ2) is 7.81. The van der Waals surface area contributed by atoms with Crippen molar-refractivity contribution < 1.29 is 9.53 Å². The number of rotatable bonds is 4. The van der Waals surface area contributed by atoms with Gasteiger partial charge in [0.25, 0.3) is 0 Å². The van der Waals surface area contributed by atoms with E-state index in [1.165, 1.54) is 0 Å². The Morgan fingerprint density at radius 2 is 1.83 bits per heavy atom. The van der Waals surface area contributed by atoms with E-state index >= 15 is 0 Å². The van der Waals surface area contributed by atoms with Crippen molar-refractivity contribution in [2.75, 3.05) is 53.4 Å². The van der Waals surface area contributed by atoms with Crippen LogP contribution < -0.4 is 5.32 Å². The highest BCUT2D eigenvalue weighted by Gasteiger charge is 2.32. The smallest absolute Gasteiger partial charge is 0.410 e. The molecule has 0 aromatic rings. The molecule has 0 radical (unpaired) electrons. The van der Waals surface area contributed by atoms with Crippen molar-refractivity contribution >= 4 is 6.09 Å². The molecule has 134 valence electrons. The van der Waals surface area contributed by atoms with Gasteiger partial charge in [-0.15, -0.1) is 0 Å². The van der Waals surface area contributed by atoms with Crippen LogP contribution in [0.1, 0.15) is 33.6 Å². The van der Waals surface area contributed by atoms with E-state index in [1.54, 1.807) is 0 Å². The van der Waals surface area contributed by atoms with Crippen molar-refractivity contribution in [3.05, 3.63) is 0 Å². The number of piperazine rings is 1. The lowest BCUT2D eigenvalue weighted by molar-refractivity contribution is 0.0224. The maximum Gasteiger partial charge on any atom is 0.410 e. The van der Waals surface area contributed by atoms with E-state index in [2.05, 4.69) is 29.2 Å². The molecule has 2 unspecified atom stereocenters. The first kappa shape index (κ1) is 18.5. The molecule has 0 aliphatic carbocycles. The summed E-state index contributed by atoms with van der Waals surface area (Å²) in [5.74, 6) is 0. The van der Waals surface area contributed by atoms with Gasteiger partial charge in [-0.25, -0.2) is 4.79 Å². The van der Waals surface area contributed by atoms with Gasteiger partial charge in [-0.3, -0.25) is 4.90 Å². The summed E-state index contributed by atoms with van der Waals surface area (Å²) in [4.78, 5) is 19.0. The van der Waals surface area contributed by atoms with E-state index in [0.717, 1.165) is 52.1 Å². The van der Waals surface area contributed by atoms with Crippen LogP contribution in [0, 0.1) is 0 Å². The van der Waals surface area contributed by atoms with Gasteiger partial charge in [0.2, 0.25) is 0 Å². The minimum atomic E-state index is -0.424. The van der Waals surface area contributed by atoms with Crippen LogP contribution in [0.3, 0.4) is 0 Å². The third-order valence-corrected chi connectivity index (χ3v) is 4.75. The van der Waals surface area contributed by atoms with Crippen molar-refractivity contribution in [1.29, 1.82) is 0 Å². The Bertz CT molecular complexity index is 397. The minimum Gasteiger partial charge on any atom is -0.444 e. The Hall–Kier alpha value is -0.850. The van der Waals surface area contributed by atoms with Crippen LogP contribution in [0.25, 0.3) is 0 Å². The third-order valence-electron chi connectivity index (χ3n) is 4.75. The van der Waals surface area contributed by atoms with E-state index in [9.17, 15) is 4.79 Å². The summed E-state index contributed by atoms with van der Waals surface area (Å²) in [6.45, 7) is 11.8. The fourth-order valence-corrected chi connectivity index (χ4v) is 3.35. The molecule has 0 bridgehead atoms. The van der Waals surface area contributed by atoms with Crippen LogP contribution >= 0.6 is 0 Å². The second-order valence-corrected chi connectivity index (χ2v) is 8.02. The second-order valence-electron chi connectivity index (χ2n) is 8.02. The highest BCUT2D eigenvalue weighted by Crippen LogP contribution is 2.20. The Morgan fingerprint density at radius 3 is 2.52 bits per heavy atom. The number of nitrogens with zero attached hydrogens (tertiary/aromatic N) is 3. The van der Waals surface area contributed by atoms with E-state index in [0.29, 0.717) is 6.04 Å².